The van der Waals surface area contributed by atoms with Crippen LogP contribution in [-0.2, 0) is 19.1 Å². The third-order valence-electron chi connectivity index (χ3n) is 17.8. The van der Waals surface area contributed by atoms with E-state index in [1.165, 1.54) is 167 Å². The van der Waals surface area contributed by atoms with Crippen LogP contribution in [0.3, 0.4) is 0 Å². The molecule has 4 atom stereocenters. The van der Waals surface area contributed by atoms with Crippen molar-refractivity contribution in [1.82, 2.24) is 0 Å². The fourth-order valence-corrected chi connectivity index (χ4v) is 14.6. The molecular weight excluding hydrogens is 677 g/mol. The minimum atomic E-state index is -0.675. The van der Waals surface area contributed by atoms with Crippen molar-refractivity contribution < 1.29 is 19.1 Å². The maximum Gasteiger partial charge on any atom is 0.306 e. The van der Waals surface area contributed by atoms with E-state index in [4.69, 9.17) is 9.47 Å². The van der Waals surface area contributed by atoms with E-state index in [1.807, 2.05) is 6.92 Å². The highest BCUT2D eigenvalue weighted by atomic mass is 16.6. The van der Waals surface area contributed by atoms with E-state index in [1.54, 1.807) is 6.92 Å². The molecule has 0 amide bonds. The lowest BCUT2D eigenvalue weighted by Gasteiger charge is -2.56. The Balaban J connectivity index is 1.07. The summed E-state index contributed by atoms with van der Waals surface area (Å²) in [5.41, 5.74) is -1.35. The van der Waals surface area contributed by atoms with Crippen molar-refractivity contribution in [1.29, 1.82) is 0 Å². The minimum absolute atomic E-state index is 0.0936. The molecule has 6 aliphatic carbocycles. The zero-order chi connectivity index (χ0) is 38.7. The first-order valence-corrected chi connectivity index (χ1v) is 25.2. The third-order valence-corrected chi connectivity index (χ3v) is 17.8. The molecule has 0 aromatic rings. The molecule has 0 aromatic carbocycles. The minimum Gasteiger partial charge on any atom is -0.455 e. The number of hydrogen-bond donors (Lipinski definition) is 0. The van der Waals surface area contributed by atoms with Gasteiger partial charge in [-0.2, -0.15) is 0 Å². The average molecular weight is 765 g/mol. The Morgan fingerprint density at radius 3 is 1.15 bits per heavy atom. The van der Waals surface area contributed by atoms with Gasteiger partial charge in [0.15, 0.2) is 11.2 Å². The summed E-state index contributed by atoms with van der Waals surface area (Å²) in [6.45, 7) is 8.21. The maximum atomic E-state index is 13.4. The summed E-state index contributed by atoms with van der Waals surface area (Å²) in [5, 5.41) is 0. The second-order valence-electron chi connectivity index (χ2n) is 21.0. The molecule has 0 bridgehead atoms. The van der Waals surface area contributed by atoms with E-state index in [-0.39, 0.29) is 11.9 Å². The van der Waals surface area contributed by atoms with E-state index in [9.17, 15) is 9.59 Å². The molecular formula is C51H88O4. The summed E-state index contributed by atoms with van der Waals surface area (Å²) in [6.07, 6.45) is 42.6. The van der Waals surface area contributed by atoms with E-state index >= 15 is 0 Å². The molecule has 4 unspecified atom stereocenters. The molecule has 6 aliphatic rings. The van der Waals surface area contributed by atoms with Gasteiger partial charge in [0.1, 0.15) is 0 Å². The Labute approximate surface area is 340 Å². The van der Waals surface area contributed by atoms with Gasteiger partial charge in [0.2, 0.25) is 0 Å². The molecule has 0 aliphatic heterocycles. The van der Waals surface area contributed by atoms with Gasteiger partial charge in [-0.1, -0.05) is 97.8 Å². The van der Waals surface area contributed by atoms with Gasteiger partial charge in [-0.3, -0.25) is 9.59 Å². The lowest BCUT2D eigenvalue weighted by Crippen LogP contribution is -2.63. The Morgan fingerprint density at radius 1 is 0.455 bits per heavy atom. The van der Waals surface area contributed by atoms with Crippen LogP contribution in [0.15, 0.2) is 0 Å². The number of unbranched alkanes of at least 4 members (excludes halogenated alkanes) is 4. The molecule has 0 aromatic heterocycles. The van der Waals surface area contributed by atoms with Crippen molar-refractivity contribution >= 4 is 11.9 Å². The van der Waals surface area contributed by atoms with Crippen molar-refractivity contribution in [2.45, 2.75) is 251 Å². The molecule has 316 valence electrons. The molecule has 6 saturated carbocycles. The summed E-state index contributed by atoms with van der Waals surface area (Å²) in [4.78, 5) is 26.6. The van der Waals surface area contributed by atoms with Gasteiger partial charge in [0, 0.05) is 13.3 Å². The van der Waals surface area contributed by atoms with Crippen LogP contribution >= 0.6 is 0 Å². The number of ether oxygens (including phenoxy) is 2. The van der Waals surface area contributed by atoms with Crippen LogP contribution in [0, 0.1) is 59.2 Å². The van der Waals surface area contributed by atoms with Crippen molar-refractivity contribution in [3.8, 4) is 0 Å². The summed E-state index contributed by atoms with van der Waals surface area (Å²) in [6, 6.07) is 0. The number of hydrogen-bond acceptors (Lipinski definition) is 4. The van der Waals surface area contributed by atoms with Crippen molar-refractivity contribution in [2.75, 3.05) is 0 Å². The molecule has 6 fully saturated rings. The van der Waals surface area contributed by atoms with Crippen LogP contribution < -0.4 is 0 Å². The van der Waals surface area contributed by atoms with Gasteiger partial charge in [-0.05, 0) is 188 Å². The highest BCUT2D eigenvalue weighted by Crippen LogP contribution is 2.57. The van der Waals surface area contributed by atoms with E-state index in [0.29, 0.717) is 18.3 Å². The van der Waals surface area contributed by atoms with Gasteiger partial charge in [-0.15, -0.1) is 0 Å². The molecule has 0 saturated heterocycles. The number of rotatable bonds is 16. The Hall–Kier alpha value is -1.06. The van der Waals surface area contributed by atoms with Crippen LogP contribution in [0.2, 0.25) is 0 Å². The second kappa shape index (κ2) is 21.3. The molecule has 4 nitrogen and oxygen atoms in total. The fraction of sp³-hybridized carbons (Fsp3) is 0.961. The normalized spacial score (nSPS) is 40.3. The van der Waals surface area contributed by atoms with Crippen molar-refractivity contribution in [3.63, 3.8) is 0 Å². The Kier molecular flexibility index (Phi) is 16.8. The summed E-state index contributed by atoms with van der Waals surface area (Å²) in [7, 11) is 0. The molecule has 0 N–H and O–H groups in total. The summed E-state index contributed by atoms with van der Waals surface area (Å²) in [5.74, 6) is 8.05. The topological polar surface area (TPSA) is 52.6 Å². The first-order chi connectivity index (χ1) is 26.8. The van der Waals surface area contributed by atoms with Crippen LogP contribution in [0.1, 0.15) is 240 Å². The van der Waals surface area contributed by atoms with E-state index < -0.39 is 11.2 Å². The zero-order valence-electron chi connectivity index (χ0n) is 36.7. The molecule has 0 radical (unpaired) electrons. The number of carbonyl (C=O) groups is 2. The van der Waals surface area contributed by atoms with E-state index in [2.05, 4.69) is 13.8 Å². The van der Waals surface area contributed by atoms with Crippen LogP contribution in [0.4, 0.5) is 0 Å². The van der Waals surface area contributed by atoms with E-state index in [0.717, 1.165) is 85.9 Å². The second-order valence-corrected chi connectivity index (χ2v) is 21.0. The van der Waals surface area contributed by atoms with Gasteiger partial charge in [-0.25, -0.2) is 0 Å². The average Bonchev–Trinajstić information content (AvgIpc) is 3.21. The van der Waals surface area contributed by atoms with Crippen LogP contribution in [0.25, 0.3) is 0 Å². The molecule has 0 spiro atoms. The Bertz CT molecular complexity index is 1130. The summed E-state index contributed by atoms with van der Waals surface area (Å²) < 4.78 is 13.5. The third kappa shape index (κ3) is 11.4. The fourth-order valence-electron chi connectivity index (χ4n) is 14.6. The SMILES string of the molecule is CCCCCC1CCC(C2CCC(C3CCCC(OC(C)=O)(C4(OC(=O)CC)CCCC(C5CCC(C6CCC(CCCCC)CC6)CC5)C4)C3)CC2)CC1. The highest BCUT2D eigenvalue weighted by molar-refractivity contribution is 5.70. The molecule has 0 heterocycles. The first-order valence-electron chi connectivity index (χ1n) is 25.2. The van der Waals surface area contributed by atoms with Gasteiger partial charge >= 0.3 is 11.9 Å². The van der Waals surface area contributed by atoms with Gasteiger partial charge in [0.25, 0.3) is 0 Å². The standard InChI is InChI=1S/C51H88O4/c1-5-8-10-14-39-18-22-41(23-19-39)43-26-30-45(31-27-43)47-16-12-34-50(36-47,54-38(4)52)51(55-49(53)7-3)35-13-17-48(37-51)46-32-28-44(29-33-46)42-24-20-40(21-25-42)15-11-9-6-2/h39-48H,5-37H2,1-4H3. The molecule has 6 rings (SSSR count). The van der Waals surface area contributed by atoms with Gasteiger partial charge in [0.05, 0.1) is 0 Å². The summed E-state index contributed by atoms with van der Waals surface area (Å²) >= 11 is 0. The van der Waals surface area contributed by atoms with Crippen molar-refractivity contribution in [2.24, 2.45) is 59.2 Å². The van der Waals surface area contributed by atoms with Crippen LogP contribution in [0.5, 0.6) is 0 Å². The molecule has 4 heteroatoms. The largest absolute Gasteiger partial charge is 0.455 e. The molecule has 55 heavy (non-hydrogen) atoms. The lowest BCUT2D eigenvalue weighted by atomic mass is 9.56. The van der Waals surface area contributed by atoms with Gasteiger partial charge < -0.3 is 9.47 Å². The first kappa shape index (κ1) is 43.5. The highest BCUT2D eigenvalue weighted by Gasteiger charge is 2.61. The zero-order valence-corrected chi connectivity index (χ0v) is 36.7. The predicted molar refractivity (Wildman–Crippen MR) is 228 cm³/mol. The number of esters is 2. The lowest BCUT2D eigenvalue weighted by molar-refractivity contribution is -0.240. The maximum absolute atomic E-state index is 13.4. The van der Waals surface area contributed by atoms with Crippen molar-refractivity contribution in [3.05, 3.63) is 0 Å². The Morgan fingerprint density at radius 2 is 0.800 bits per heavy atom. The predicted octanol–water partition coefficient (Wildman–Crippen LogP) is 14.7. The van der Waals surface area contributed by atoms with Crippen LogP contribution in [-0.4, -0.2) is 23.1 Å². The monoisotopic (exact) mass is 765 g/mol. The number of carbonyl (C=O) groups excluding carboxylic acids is 2. The smallest absolute Gasteiger partial charge is 0.306 e. The quantitative estimate of drug-likeness (QED) is 0.116.